The number of aromatic nitrogens is 2. The molecule has 2 rings (SSSR count). The minimum atomic E-state index is -4.37. The normalized spacial score (nSPS) is 11.7. The highest BCUT2D eigenvalue weighted by Crippen LogP contribution is 2.36. The van der Waals surface area contributed by atoms with Gasteiger partial charge in [0.1, 0.15) is 0 Å². The minimum absolute atomic E-state index is 0.0385. The lowest BCUT2D eigenvalue weighted by Crippen LogP contribution is -2.10. The summed E-state index contributed by atoms with van der Waals surface area (Å²) in [5, 5.41) is 7.18. The summed E-state index contributed by atoms with van der Waals surface area (Å²) in [6.07, 6.45) is -1.74. The fraction of sp³-hybridized carbons (Fsp3) is 0.357. The Morgan fingerprint density at radius 3 is 2.71 bits per heavy atom. The molecule has 1 N–H and O–H groups in total. The summed E-state index contributed by atoms with van der Waals surface area (Å²) in [6.45, 7) is 3.26. The predicted octanol–water partition coefficient (Wildman–Crippen LogP) is 4.69. The molecule has 0 radical (unpaired) electrons. The van der Waals surface area contributed by atoms with E-state index in [1.54, 1.807) is 12.3 Å². The standard InChI is InChI=1S/C14H15BrF3N3/c1-2-7-21-11(5-6-20-21)9-19-10-3-4-13(15)12(8-10)14(16,17)18/h3-6,8,19H,2,7,9H2,1H3. The van der Waals surface area contributed by atoms with Gasteiger partial charge in [-0.1, -0.05) is 22.9 Å². The molecule has 1 heterocycles. The van der Waals surface area contributed by atoms with Gasteiger partial charge >= 0.3 is 6.18 Å². The first kappa shape index (κ1) is 15.9. The number of anilines is 1. The van der Waals surface area contributed by atoms with Gasteiger partial charge in [-0.05, 0) is 30.7 Å². The Kier molecular flexibility index (Phi) is 4.92. The van der Waals surface area contributed by atoms with Gasteiger partial charge in [-0.3, -0.25) is 4.68 Å². The Morgan fingerprint density at radius 1 is 1.29 bits per heavy atom. The van der Waals surface area contributed by atoms with Crippen LogP contribution in [0.15, 0.2) is 34.9 Å². The second kappa shape index (κ2) is 6.51. The molecule has 0 aliphatic rings. The number of aryl methyl sites for hydroxylation is 1. The Morgan fingerprint density at radius 2 is 2.05 bits per heavy atom. The fourth-order valence-electron chi connectivity index (χ4n) is 1.97. The highest BCUT2D eigenvalue weighted by Gasteiger charge is 2.33. The van der Waals surface area contributed by atoms with Gasteiger partial charge in [0.25, 0.3) is 0 Å². The van der Waals surface area contributed by atoms with E-state index in [-0.39, 0.29) is 4.47 Å². The van der Waals surface area contributed by atoms with E-state index in [9.17, 15) is 13.2 Å². The molecule has 1 aromatic carbocycles. The van der Waals surface area contributed by atoms with Crippen LogP contribution in [0.1, 0.15) is 24.6 Å². The molecule has 0 spiro atoms. The summed E-state index contributed by atoms with van der Waals surface area (Å²) >= 11 is 2.93. The van der Waals surface area contributed by atoms with Gasteiger partial charge in [0.2, 0.25) is 0 Å². The summed E-state index contributed by atoms with van der Waals surface area (Å²) < 4.78 is 40.4. The zero-order valence-corrected chi connectivity index (χ0v) is 13.0. The highest BCUT2D eigenvalue weighted by atomic mass is 79.9. The van der Waals surface area contributed by atoms with E-state index >= 15 is 0 Å². The smallest absolute Gasteiger partial charge is 0.379 e. The molecule has 7 heteroatoms. The topological polar surface area (TPSA) is 29.9 Å². The van der Waals surface area contributed by atoms with Crippen LogP contribution in [-0.2, 0) is 19.3 Å². The summed E-state index contributed by atoms with van der Waals surface area (Å²) in [4.78, 5) is 0. The van der Waals surface area contributed by atoms with E-state index in [2.05, 4.69) is 26.3 Å². The second-order valence-corrected chi connectivity index (χ2v) is 5.45. The number of benzene rings is 1. The summed E-state index contributed by atoms with van der Waals surface area (Å²) in [6, 6.07) is 5.96. The Bertz CT molecular complexity index is 608. The van der Waals surface area contributed by atoms with Gasteiger partial charge in [-0.15, -0.1) is 0 Å². The van der Waals surface area contributed by atoms with Gasteiger partial charge in [0.15, 0.2) is 0 Å². The third-order valence-electron chi connectivity index (χ3n) is 2.99. The molecule has 0 saturated heterocycles. The Labute approximate surface area is 129 Å². The molecule has 0 amide bonds. The first-order chi connectivity index (χ1) is 9.91. The number of rotatable bonds is 5. The number of nitrogens with one attached hydrogen (secondary N) is 1. The molecule has 21 heavy (non-hydrogen) atoms. The molecular weight excluding hydrogens is 347 g/mol. The third kappa shape index (κ3) is 4.00. The minimum Gasteiger partial charge on any atom is -0.379 e. The largest absolute Gasteiger partial charge is 0.417 e. The SMILES string of the molecule is CCCn1nccc1CNc1ccc(Br)c(C(F)(F)F)c1. The first-order valence-electron chi connectivity index (χ1n) is 6.53. The van der Waals surface area contributed by atoms with Crippen LogP contribution in [0.3, 0.4) is 0 Å². The van der Waals surface area contributed by atoms with E-state index in [0.717, 1.165) is 24.7 Å². The van der Waals surface area contributed by atoms with Crippen molar-refractivity contribution in [1.82, 2.24) is 9.78 Å². The van der Waals surface area contributed by atoms with Crippen molar-refractivity contribution in [2.45, 2.75) is 32.6 Å². The fourth-order valence-corrected chi connectivity index (χ4v) is 2.44. The van der Waals surface area contributed by atoms with E-state index in [1.165, 1.54) is 6.07 Å². The van der Waals surface area contributed by atoms with Crippen molar-refractivity contribution in [3.63, 3.8) is 0 Å². The van der Waals surface area contributed by atoms with Crippen molar-refractivity contribution in [2.24, 2.45) is 0 Å². The molecule has 0 aliphatic heterocycles. The molecule has 0 saturated carbocycles. The Hall–Kier alpha value is -1.50. The quantitative estimate of drug-likeness (QED) is 0.837. The van der Waals surface area contributed by atoms with Crippen molar-refractivity contribution >= 4 is 21.6 Å². The van der Waals surface area contributed by atoms with E-state index in [1.807, 2.05) is 17.7 Å². The molecular formula is C14H15BrF3N3. The maximum Gasteiger partial charge on any atom is 0.417 e. The number of halogens is 4. The van der Waals surface area contributed by atoms with Crippen LogP contribution in [-0.4, -0.2) is 9.78 Å². The summed E-state index contributed by atoms with van der Waals surface area (Å²) in [5.41, 5.74) is 0.678. The maximum atomic E-state index is 12.8. The molecule has 0 unspecified atom stereocenters. The zero-order chi connectivity index (χ0) is 15.5. The predicted molar refractivity (Wildman–Crippen MR) is 79.0 cm³/mol. The average Bonchev–Trinajstić information content (AvgIpc) is 2.84. The maximum absolute atomic E-state index is 12.8. The summed E-state index contributed by atoms with van der Waals surface area (Å²) in [7, 11) is 0. The van der Waals surface area contributed by atoms with Crippen LogP contribution in [0.25, 0.3) is 0 Å². The Balaban J connectivity index is 2.12. The van der Waals surface area contributed by atoms with Crippen LogP contribution >= 0.6 is 15.9 Å². The summed E-state index contributed by atoms with van der Waals surface area (Å²) in [5.74, 6) is 0. The molecule has 0 fully saturated rings. The van der Waals surface area contributed by atoms with Crippen molar-refractivity contribution in [3.05, 3.63) is 46.2 Å². The zero-order valence-electron chi connectivity index (χ0n) is 11.4. The number of hydrogen-bond acceptors (Lipinski definition) is 2. The molecule has 2 aromatic rings. The van der Waals surface area contributed by atoms with Gasteiger partial charge < -0.3 is 5.32 Å². The van der Waals surface area contributed by atoms with Crippen LogP contribution in [0.2, 0.25) is 0 Å². The third-order valence-corrected chi connectivity index (χ3v) is 3.68. The van der Waals surface area contributed by atoms with E-state index < -0.39 is 11.7 Å². The number of hydrogen-bond donors (Lipinski definition) is 1. The molecule has 0 bridgehead atoms. The van der Waals surface area contributed by atoms with Crippen molar-refractivity contribution in [1.29, 1.82) is 0 Å². The van der Waals surface area contributed by atoms with Crippen LogP contribution < -0.4 is 5.32 Å². The molecule has 114 valence electrons. The highest BCUT2D eigenvalue weighted by molar-refractivity contribution is 9.10. The van der Waals surface area contributed by atoms with Gasteiger partial charge in [-0.25, -0.2) is 0 Å². The molecule has 0 atom stereocenters. The van der Waals surface area contributed by atoms with Gasteiger partial charge in [0, 0.05) is 22.9 Å². The van der Waals surface area contributed by atoms with Crippen molar-refractivity contribution in [3.8, 4) is 0 Å². The lowest BCUT2D eigenvalue weighted by Gasteiger charge is -2.13. The monoisotopic (exact) mass is 361 g/mol. The van der Waals surface area contributed by atoms with E-state index in [4.69, 9.17) is 0 Å². The second-order valence-electron chi connectivity index (χ2n) is 4.59. The lowest BCUT2D eigenvalue weighted by molar-refractivity contribution is -0.138. The van der Waals surface area contributed by atoms with Crippen LogP contribution in [0, 0.1) is 0 Å². The molecule has 1 aromatic heterocycles. The van der Waals surface area contributed by atoms with Gasteiger partial charge in [-0.2, -0.15) is 18.3 Å². The lowest BCUT2D eigenvalue weighted by atomic mass is 10.2. The average molecular weight is 362 g/mol. The number of alkyl halides is 3. The van der Waals surface area contributed by atoms with Crippen LogP contribution in [0.4, 0.5) is 18.9 Å². The van der Waals surface area contributed by atoms with E-state index in [0.29, 0.717) is 12.2 Å². The first-order valence-corrected chi connectivity index (χ1v) is 7.32. The molecule has 3 nitrogen and oxygen atoms in total. The van der Waals surface area contributed by atoms with Crippen molar-refractivity contribution in [2.75, 3.05) is 5.32 Å². The van der Waals surface area contributed by atoms with Gasteiger partial charge in [0.05, 0.1) is 17.8 Å². The molecule has 0 aliphatic carbocycles. The van der Waals surface area contributed by atoms with Crippen molar-refractivity contribution < 1.29 is 13.2 Å². The number of nitrogens with zero attached hydrogens (tertiary/aromatic N) is 2. The van der Waals surface area contributed by atoms with Crippen LogP contribution in [0.5, 0.6) is 0 Å².